The summed E-state index contributed by atoms with van der Waals surface area (Å²) in [6, 6.07) is 3.00. The largest absolute Gasteiger partial charge is 0.350 e. The van der Waals surface area contributed by atoms with E-state index in [0.717, 1.165) is 0 Å². The predicted octanol–water partition coefficient (Wildman–Crippen LogP) is 1.83. The smallest absolute Gasteiger partial charge is 0.325 e. The van der Waals surface area contributed by atoms with E-state index in [1.54, 1.807) is 7.05 Å². The number of amides is 3. The Morgan fingerprint density at radius 3 is 2.80 bits per heavy atom. The molecule has 2 aromatic rings. The van der Waals surface area contributed by atoms with Gasteiger partial charge in [0.1, 0.15) is 18.2 Å². The molecule has 130 valence electrons. The van der Waals surface area contributed by atoms with E-state index in [2.05, 4.69) is 15.3 Å². The van der Waals surface area contributed by atoms with Gasteiger partial charge in [0, 0.05) is 18.6 Å². The third-order valence-electron chi connectivity index (χ3n) is 3.99. The molecular formula is C16H15ClFN5O2. The maximum atomic E-state index is 13.1. The topological polar surface area (TPSA) is 78.4 Å². The molecule has 1 fully saturated rings. The Labute approximate surface area is 148 Å². The Morgan fingerprint density at radius 1 is 1.40 bits per heavy atom. The molecule has 3 rings (SSSR count). The zero-order chi connectivity index (χ0) is 18.0. The number of benzene rings is 1. The fourth-order valence-corrected chi connectivity index (χ4v) is 2.80. The van der Waals surface area contributed by atoms with Crippen molar-refractivity contribution in [3.05, 3.63) is 53.3 Å². The van der Waals surface area contributed by atoms with Gasteiger partial charge in [-0.05, 0) is 17.7 Å². The summed E-state index contributed by atoms with van der Waals surface area (Å²) in [4.78, 5) is 35.3. The molecule has 25 heavy (non-hydrogen) atoms. The maximum Gasteiger partial charge on any atom is 0.325 e. The van der Waals surface area contributed by atoms with Crippen molar-refractivity contribution in [3.8, 4) is 0 Å². The molecule has 0 bridgehead atoms. The Hall–Kier alpha value is -2.74. The third kappa shape index (κ3) is 3.53. The molecule has 0 radical (unpaired) electrons. The summed E-state index contributed by atoms with van der Waals surface area (Å²) < 4.78 is 13.1. The average Bonchev–Trinajstić information content (AvgIpc) is 2.90. The van der Waals surface area contributed by atoms with E-state index in [4.69, 9.17) is 11.6 Å². The number of halogens is 2. The normalized spacial score (nSPS) is 17.1. The van der Waals surface area contributed by atoms with E-state index >= 15 is 0 Å². The first kappa shape index (κ1) is 17.1. The summed E-state index contributed by atoms with van der Waals surface area (Å²) in [5.74, 6) is -0.766. The highest BCUT2D eigenvalue weighted by Gasteiger charge is 2.39. The van der Waals surface area contributed by atoms with E-state index in [9.17, 15) is 14.0 Å². The highest BCUT2D eigenvalue weighted by Crippen LogP contribution is 2.22. The molecule has 1 aromatic heterocycles. The number of carbonyl (C=O) groups excluding carboxylic acids is 2. The van der Waals surface area contributed by atoms with Crippen LogP contribution >= 0.6 is 11.6 Å². The first-order valence-electron chi connectivity index (χ1n) is 7.48. The van der Waals surface area contributed by atoms with Crippen LogP contribution < -0.4 is 10.2 Å². The molecular weight excluding hydrogens is 349 g/mol. The van der Waals surface area contributed by atoms with Gasteiger partial charge in [0.25, 0.3) is 0 Å². The van der Waals surface area contributed by atoms with Crippen LogP contribution in [0.2, 0.25) is 5.02 Å². The van der Waals surface area contributed by atoms with Crippen LogP contribution in [-0.2, 0) is 11.3 Å². The van der Waals surface area contributed by atoms with E-state index in [1.807, 2.05) is 0 Å². The number of carbonyl (C=O) groups is 2. The molecule has 1 unspecified atom stereocenters. The lowest BCUT2D eigenvalue weighted by Crippen LogP contribution is -2.43. The zero-order valence-corrected chi connectivity index (χ0v) is 14.1. The van der Waals surface area contributed by atoms with Crippen LogP contribution in [0.4, 0.5) is 14.9 Å². The third-order valence-corrected chi connectivity index (χ3v) is 4.34. The van der Waals surface area contributed by atoms with E-state index in [1.165, 1.54) is 46.7 Å². The second kappa shape index (κ2) is 7.02. The Bertz CT molecular complexity index is 804. The lowest BCUT2D eigenvalue weighted by atomic mass is 10.2. The molecule has 1 saturated heterocycles. The van der Waals surface area contributed by atoms with Crippen LogP contribution in [-0.4, -0.2) is 46.4 Å². The monoisotopic (exact) mass is 363 g/mol. The summed E-state index contributed by atoms with van der Waals surface area (Å²) >= 11 is 5.95. The summed E-state index contributed by atoms with van der Waals surface area (Å²) in [6.45, 7) is 0.330. The van der Waals surface area contributed by atoms with Gasteiger partial charge >= 0.3 is 6.03 Å². The van der Waals surface area contributed by atoms with Crippen LogP contribution in [0.1, 0.15) is 5.56 Å². The molecule has 1 atom stereocenters. The molecule has 1 N–H and O–H groups in total. The number of rotatable bonds is 4. The van der Waals surface area contributed by atoms with Crippen molar-refractivity contribution in [1.29, 1.82) is 0 Å². The predicted molar refractivity (Wildman–Crippen MR) is 89.6 cm³/mol. The summed E-state index contributed by atoms with van der Waals surface area (Å²) in [7, 11) is 1.56. The van der Waals surface area contributed by atoms with Gasteiger partial charge in [0.15, 0.2) is 0 Å². The number of likely N-dealkylation sites (N-methyl/N-ethyl adjacent to an activating group) is 1. The van der Waals surface area contributed by atoms with E-state index in [0.29, 0.717) is 11.3 Å². The molecule has 1 aliphatic rings. The average molecular weight is 364 g/mol. The quantitative estimate of drug-likeness (QED) is 0.898. The van der Waals surface area contributed by atoms with Crippen LogP contribution in [0.15, 0.2) is 36.9 Å². The minimum atomic E-state index is -0.660. The molecule has 1 aliphatic heterocycles. The van der Waals surface area contributed by atoms with E-state index in [-0.39, 0.29) is 30.1 Å². The van der Waals surface area contributed by atoms with Gasteiger partial charge in [0.2, 0.25) is 5.91 Å². The molecule has 0 aliphatic carbocycles. The van der Waals surface area contributed by atoms with Crippen LogP contribution in [0.25, 0.3) is 0 Å². The Morgan fingerprint density at radius 2 is 2.12 bits per heavy atom. The van der Waals surface area contributed by atoms with Crippen molar-refractivity contribution in [2.45, 2.75) is 12.6 Å². The molecule has 0 spiro atoms. The fourth-order valence-electron chi connectivity index (χ4n) is 2.57. The van der Waals surface area contributed by atoms with Crippen LogP contribution in [0, 0.1) is 5.82 Å². The number of hydrogen-bond donors (Lipinski definition) is 1. The minimum Gasteiger partial charge on any atom is -0.350 e. The Balaban J connectivity index is 1.67. The van der Waals surface area contributed by atoms with E-state index < -0.39 is 11.9 Å². The van der Waals surface area contributed by atoms with Crippen molar-refractivity contribution in [2.24, 2.45) is 0 Å². The molecule has 0 saturated carbocycles. The molecule has 3 amide bonds. The highest BCUT2D eigenvalue weighted by molar-refractivity contribution is 6.31. The van der Waals surface area contributed by atoms with Crippen molar-refractivity contribution < 1.29 is 14.0 Å². The summed E-state index contributed by atoms with van der Waals surface area (Å²) in [5.41, 5.74) is 1.12. The molecule has 1 aromatic carbocycles. The second-order valence-electron chi connectivity index (χ2n) is 5.57. The van der Waals surface area contributed by atoms with Crippen molar-refractivity contribution >= 4 is 29.2 Å². The van der Waals surface area contributed by atoms with Gasteiger partial charge in [-0.25, -0.2) is 19.2 Å². The molecule has 2 heterocycles. The van der Waals surface area contributed by atoms with Gasteiger partial charge in [0.05, 0.1) is 24.6 Å². The van der Waals surface area contributed by atoms with Gasteiger partial charge in [-0.2, -0.15) is 0 Å². The summed E-state index contributed by atoms with van der Waals surface area (Å²) in [5, 5.41) is 2.96. The van der Waals surface area contributed by atoms with Gasteiger partial charge in [-0.3, -0.25) is 9.69 Å². The van der Waals surface area contributed by atoms with Crippen molar-refractivity contribution in [1.82, 2.24) is 20.2 Å². The number of aromatic nitrogens is 2. The number of nitrogens with zero attached hydrogens (tertiary/aromatic N) is 4. The second-order valence-corrected chi connectivity index (χ2v) is 5.98. The summed E-state index contributed by atoms with van der Waals surface area (Å²) in [6.07, 6.45) is 4.39. The SMILES string of the molecule is CN1C(=O)N(c2cncnc2)CC1C(=O)NCc1ccc(F)cc1Cl. The number of nitrogens with one attached hydrogen (secondary N) is 1. The van der Waals surface area contributed by atoms with Crippen LogP contribution in [0.5, 0.6) is 0 Å². The zero-order valence-electron chi connectivity index (χ0n) is 13.3. The van der Waals surface area contributed by atoms with Gasteiger partial charge in [-0.1, -0.05) is 17.7 Å². The highest BCUT2D eigenvalue weighted by atomic mass is 35.5. The number of hydrogen-bond acceptors (Lipinski definition) is 4. The number of urea groups is 1. The van der Waals surface area contributed by atoms with Gasteiger partial charge in [-0.15, -0.1) is 0 Å². The lowest BCUT2D eigenvalue weighted by Gasteiger charge is -2.17. The maximum absolute atomic E-state index is 13.1. The van der Waals surface area contributed by atoms with Crippen molar-refractivity contribution in [2.75, 3.05) is 18.5 Å². The lowest BCUT2D eigenvalue weighted by molar-refractivity contribution is -0.124. The Kier molecular flexibility index (Phi) is 4.80. The number of anilines is 1. The minimum absolute atomic E-state index is 0.144. The fraction of sp³-hybridized carbons (Fsp3) is 0.250. The van der Waals surface area contributed by atoms with Crippen LogP contribution in [0.3, 0.4) is 0 Å². The molecule has 9 heteroatoms. The first-order valence-corrected chi connectivity index (χ1v) is 7.86. The first-order chi connectivity index (χ1) is 12.0. The van der Waals surface area contributed by atoms with Gasteiger partial charge < -0.3 is 10.2 Å². The standard InChI is InChI=1S/C16H15ClFN5O2/c1-22-14(8-23(16(22)25)12-6-19-9-20-7-12)15(24)21-5-10-2-3-11(18)4-13(10)17/h2-4,6-7,9,14H,5,8H2,1H3,(H,21,24). The molecule has 7 nitrogen and oxygen atoms in total. The van der Waals surface area contributed by atoms with Crippen molar-refractivity contribution in [3.63, 3.8) is 0 Å².